The molecule has 0 spiro atoms. The monoisotopic (exact) mass is 239 g/mol. The lowest BCUT2D eigenvalue weighted by molar-refractivity contribution is -0.142. The third-order valence-corrected chi connectivity index (χ3v) is 2.26. The number of ether oxygens (including phenoxy) is 1. The predicted octanol–water partition coefficient (Wildman–Crippen LogP) is 0.330. The fourth-order valence-electron chi connectivity index (χ4n) is 1.34. The van der Waals surface area contributed by atoms with Gasteiger partial charge in [0.25, 0.3) is 0 Å². The van der Waals surface area contributed by atoms with Crippen molar-refractivity contribution in [3.63, 3.8) is 0 Å². The Balaban J connectivity index is 2.14. The van der Waals surface area contributed by atoms with Crippen LogP contribution >= 0.6 is 0 Å². The van der Waals surface area contributed by atoms with Gasteiger partial charge in [0.1, 0.15) is 5.82 Å². The van der Waals surface area contributed by atoms with E-state index in [9.17, 15) is 9.59 Å². The van der Waals surface area contributed by atoms with Gasteiger partial charge in [0.15, 0.2) is 0 Å². The number of carbonyl (C=O) groups excluding carboxylic acids is 2. The van der Waals surface area contributed by atoms with E-state index in [-0.39, 0.29) is 24.7 Å². The fourth-order valence-corrected chi connectivity index (χ4v) is 1.34. The van der Waals surface area contributed by atoms with Crippen LogP contribution in [0.3, 0.4) is 0 Å². The summed E-state index contributed by atoms with van der Waals surface area (Å²) in [7, 11) is 1.31. The van der Waals surface area contributed by atoms with Crippen molar-refractivity contribution in [3.8, 4) is 0 Å². The van der Waals surface area contributed by atoms with E-state index >= 15 is 0 Å². The average Bonchev–Trinajstić information content (AvgIpc) is 2.72. The number of aromatic amines is 1. The number of methoxy groups -OCH3 is 1. The number of aromatic nitrogens is 2. The maximum Gasteiger partial charge on any atom is 0.306 e. The number of H-pyrrole nitrogens is 1. The number of rotatable bonds is 6. The van der Waals surface area contributed by atoms with E-state index in [4.69, 9.17) is 0 Å². The van der Waals surface area contributed by atoms with Crippen LogP contribution in [0.25, 0.3) is 0 Å². The van der Waals surface area contributed by atoms with Crippen LogP contribution < -0.4 is 5.32 Å². The first kappa shape index (κ1) is 13.2. The molecule has 1 aromatic rings. The zero-order valence-corrected chi connectivity index (χ0v) is 10.1. The van der Waals surface area contributed by atoms with E-state index in [1.165, 1.54) is 7.11 Å². The molecule has 6 nitrogen and oxygen atoms in total. The lowest BCUT2D eigenvalue weighted by Crippen LogP contribution is -2.26. The number of amides is 1. The quantitative estimate of drug-likeness (QED) is 0.701. The molecule has 0 aliphatic carbocycles. The summed E-state index contributed by atoms with van der Waals surface area (Å²) < 4.78 is 4.44. The summed E-state index contributed by atoms with van der Waals surface area (Å²) in [5.41, 5.74) is 0.982. The molecule has 1 heterocycles. The van der Waals surface area contributed by atoms with Gasteiger partial charge in [-0.05, 0) is 6.92 Å². The number of carbonyl (C=O) groups is 2. The van der Waals surface area contributed by atoms with E-state index in [1.54, 1.807) is 6.20 Å². The zero-order chi connectivity index (χ0) is 12.7. The molecule has 2 N–H and O–H groups in total. The van der Waals surface area contributed by atoms with Crippen LogP contribution in [0.2, 0.25) is 0 Å². The van der Waals surface area contributed by atoms with Crippen LogP contribution in [-0.2, 0) is 20.7 Å². The molecule has 1 amide bonds. The van der Waals surface area contributed by atoms with Crippen LogP contribution in [0, 0.1) is 6.92 Å². The Bertz CT molecular complexity index is 387. The van der Waals surface area contributed by atoms with E-state index < -0.39 is 0 Å². The molecule has 1 aromatic heterocycles. The Morgan fingerprint density at radius 1 is 1.47 bits per heavy atom. The SMILES string of the molecule is COC(=O)CCC(=O)NCCc1cnc(C)[nH]1. The minimum Gasteiger partial charge on any atom is -0.469 e. The third-order valence-electron chi connectivity index (χ3n) is 2.26. The van der Waals surface area contributed by atoms with Crippen molar-refractivity contribution in [2.75, 3.05) is 13.7 Å². The van der Waals surface area contributed by atoms with Crippen LogP contribution in [0.4, 0.5) is 0 Å². The lowest BCUT2D eigenvalue weighted by Gasteiger charge is -2.03. The summed E-state index contributed by atoms with van der Waals surface area (Å²) in [4.78, 5) is 29.2. The molecule has 0 fully saturated rings. The molecule has 0 aromatic carbocycles. The molecule has 94 valence electrons. The molecule has 1 rings (SSSR count). The number of nitrogens with zero attached hydrogens (tertiary/aromatic N) is 1. The van der Waals surface area contributed by atoms with Crippen molar-refractivity contribution in [3.05, 3.63) is 17.7 Å². The molecule has 0 bridgehead atoms. The summed E-state index contributed by atoms with van der Waals surface area (Å²) in [6.45, 7) is 2.40. The standard InChI is InChI=1S/C11H17N3O3/c1-8-13-7-9(14-8)5-6-12-10(15)3-4-11(16)17-2/h7H,3-6H2,1-2H3,(H,12,15)(H,13,14). The molecule has 17 heavy (non-hydrogen) atoms. The van der Waals surface area contributed by atoms with Crippen LogP contribution in [0.15, 0.2) is 6.20 Å². The molecular weight excluding hydrogens is 222 g/mol. The van der Waals surface area contributed by atoms with E-state index in [0.29, 0.717) is 13.0 Å². The van der Waals surface area contributed by atoms with E-state index in [1.807, 2.05) is 6.92 Å². The minimum absolute atomic E-state index is 0.117. The maximum atomic E-state index is 11.3. The molecule has 0 saturated carbocycles. The number of hydrogen-bond donors (Lipinski definition) is 2. The van der Waals surface area contributed by atoms with Crippen molar-refractivity contribution in [2.24, 2.45) is 0 Å². The lowest BCUT2D eigenvalue weighted by atomic mass is 10.3. The van der Waals surface area contributed by atoms with E-state index in [0.717, 1.165) is 11.5 Å². The smallest absolute Gasteiger partial charge is 0.306 e. The van der Waals surface area contributed by atoms with Gasteiger partial charge >= 0.3 is 5.97 Å². The highest BCUT2D eigenvalue weighted by Gasteiger charge is 2.06. The number of esters is 1. The van der Waals surface area contributed by atoms with E-state index in [2.05, 4.69) is 20.0 Å². The highest BCUT2D eigenvalue weighted by Crippen LogP contribution is 1.96. The second-order valence-corrected chi connectivity index (χ2v) is 3.67. The Labute approximate surface area is 99.8 Å². The molecule has 0 unspecified atom stereocenters. The minimum atomic E-state index is -0.371. The number of hydrogen-bond acceptors (Lipinski definition) is 4. The van der Waals surface area contributed by atoms with Gasteiger partial charge in [0, 0.05) is 31.3 Å². The van der Waals surface area contributed by atoms with Crippen LogP contribution in [0.5, 0.6) is 0 Å². The Morgan fingerprint density at radius 3 is 2.82 bits per heavy atom. The normalized spacial score (nSPS) is 10.0. The highest BCUT2D eigenvalue weighted by atomic mass is 16.5. The molecular formula is C11H17N3O3. The molecule has 0 radical (unpaired) electrons. The van der Waals surface area contributed by atoms with Crippen molar-refractivity contribution >= 4 is 11.9 Å². The average molecular weight is 239 g/mol. The van der Waals surface area contributed by atoms with Gasteiger partial charge in [-0.3, -0.25) is 9.59 Å². The molecule has 0 aliphatic rings. The number of nitrogens with one attached hydrogen (secondary N) is 2. The number of aryl methyl sites for hydroxylation is 1. The summed E-state index contributed by atoms with van der Waals surface area (Å²) in [5.74, 6) is 0.341. The van der Waals surface area contributed by atoms with Gasteiger partial charge in [0.05, 0.1) is 13.5 Å². The summed E-state index contributed by atoms with van der Waals surface area (Å²) >= 11 is 0. The zero-order valence-electron chi connectivity index (χ0n) is 10.1. The van der Waals surface area contributed by atoms with Crippen molar-refractivity contribution in [2.45, 2.75) is 26.2 Å². The first-order valence-corrected chi connectivity index (χ1v) is 5.46. The van der Waals surface area contributed by atoms with Crippen molar-refractivity contribution in [1.29, 1.82) is 0 Å². The third kappa shape index (κ3) is 5.14. The van der Waals surface area contributed by atoms with Gasteiger partial charge in [-0.2, -0.15) is 0 Å². The van der Waals surface area contributed by atoms with Crippen molar-refractivity contribution < 1.29 is 14.3 Å². The summed E-state index contributed by atoms with van der Waals surface area (Å²) in [6.07, 6.45) is 2.72. The first-order chi connectivity index (χ1) is 8.11. The largest absolute Gasteiger partial charge is 0.469 e. The maximum absolute atomic E-state index is 11.3. The highest BCUT2D eigenvalue weighted by molar-refractivity contribution is 5.81. The van der Waals surface area contributed by atoms with Gasteiger partial charge in [-0.25, -0.2) is 4.98 Å². The van der Waals surface area contributed by atoms with Gasteiger partial charge < -0.3 is 15.0 Å². The Hall–Kier alpha value is -1.85. The Morgan fingerprint density at radius 2 is 2.24 bits per heavy atom. The molecule has 6 heteroatoms. The number of imidazole rings is 1. The Kier molecular flexibility index (Phi) is 5.19. The van der Waals surface area contributed by atoms with Crippen LogP contribution in [0.1, 0.15) is 24.4 Å². The predicted molar refractivity (Wildman–Crippen MR) is 61.3 cm³/mol. The molecule has 0 atom stereocenters. The second kappa shape index (κ2) is 6.67. The second-order valence-electron chi connectivity index (χ2n) is 3.67. The molecule has 0 saturated heterocycles. The summed E-state index contributed by atoms with van der Waals surface area (Å²) in [5, 5.41) is 2.73. The first-order valence-electron chi connectivity index (χ1n) is 5.46. The van der Waals surface area contributed by atoms with Gasteiger partial charge in [0.2, 0.25) is 5.91 Å². The van der Waals surface area contributed by atoms with Crippen molar-refractivity contribution in [1.82, 2.24) is 15.3 Å². The van der Waals surface area contributed by atoms with Gasteiger partial charge in [-0.1, -0.05) is 0 Å². The van der Waals surface area contributed by atoms with Gasteiger partial charge in [-0.15, -0.1) is 0 Å². The van der Waals surface area contributed by atoms with Crippen LogP contribution in [-0.4, -0.2) is 35.5 Å². The fraction of sp³-hybridized carbons (Fsp3) is 0.545. The molecule has 0 aliphatic heterocycles. The topological polar surface area (TPSA) is 84.1 Å². The summed E-state index contributed by atoms with van der Waals surface area (Å²) in [6, 6.07) is 0.